The lowest BCUT2D eigenvalue weighted by molar-refractivity contribution is 0.661. The number of anilines is 3. The third kappa shape index (κ3) is 6.32. The molecule has 2 heteroatoms. The van der Waals surface area contributed by atoms with Crippen LogP contribution in [0.15, 0.2) is 243 Å². The Labute approximate surface area is 381 Å². The number of hydrogen-bond donors (Lipinski definition) is 0. The van der Waals surface area contributed by atoms with Crippen LogP contribution >= 0.6 is 0 Å². The van der Waals surface area contributed by atoms with Gasteiger partial charge in [0.25, 0.3) is 0 Å². The summed E-state index contributed by atoms with van der Waals surface area (Å²) in [6.07, 6.45) is 0. The molecule has 0 unspecified atom stereocenters. The quantitative estimate of drug-likeness (QED) is 0.148. The smallest absolute Gasteiger partial charge is 0.0546 e. The van der Waals surface area contributed by atoms with E-state index in [9.17, 15) is 0 Å². The van der Waals surface area contributed by atoms with Crippen molar-refractivity contribution in [2.24, 2.45) is 0 Å². The van der Waals surface area contributed by atoms with Gasteiger partial charge in [0.2, 0.25) is 0 Å². The zero-order valence-electron chi connectivity index (χ0n) is 36.5. The Morgan fingerprint density at radius 3 is 1.55 bits per heavy atom. The van der Waals surface area contributed by atoms with E-state index in [1.807, 2.05) is 0 Å². The number of nitrogens with zero attached hydrogens (tertiary/aromatic N) is 2. The van der Waals surface area contributed by atoms with Crippen molar-refractivity contribution >= 4 is 38.9 Å². The molecule has 0 saturated carbocycles. The van der Waals surface area contributed by atoms with Crippen molar-refractivity contribution in [2.45, 2.75) is 19.3 Å². The number of fused-ring (bicyclic) bond motifs is 6. The summed E-state index contributed by atoms with van der Waals surface area (Å²) in [7, 11) is 0. The van der Waals surface area contributed by atoms with Crippen LogP contribution in [0.2, 0.25) is 0 Å². The van der Waals surface area contributed by atoms with Gasteiger partial charge in [0.1, 0.15) is 0 Å². The van der Waals surface area contributed by atoms with E-state index in [-0.39, 0.29) is 5.41 Å². The van der Waals surface area contributed by atoms with Gasteiger partial charge in [-0.2, -0.15) is 0 Å². The van der Waals surface area contributed by atoms with E-state index in [4.69, 9.17) is 0 Å². The van der Waals surface area contributed by atoms with Crippen molar-refractivity contribution in [3.8, 4) is 61.3 Å². The highest BCUT2D eigenvalue weighted by atomic mass is 15.1. The molecule has 0 N–H and O–H groups in total. The molecule has 2 nitrogen and oxygen atoms in total. The van der Waals surface area contributed by atoms with Crippen LogP contribution in [0.4, 0.5) is 17.1 Å². The second-order valence-electron chi connectivity index (χ2n) is 17.6. The fraction of sp³-hybridized carbons (Fsp3) is 0.0476. The van der Waals surface area contributed by atoms with E-state index in [1.54, 1.807) is 0 Å². The first-order chi connectivity index (χ1) is 32.0. The Morgan fingerprint density at radius 2 is 0.862 bits per heavy atom. The Balaban J connectivity index is 1.08. The van der Waals surface area contributed by atoms with Crippen LogP contribution < -0.4 is 4.90 Å². The normalized spacial score (nSPS) is 12.6. The summed E-state index contributed by atoms with van der Waals surface area (Å²) in [6, 6.07) is 88.9. The Bertz CT molecular complexity index is 3510. The van der Waals surface area contributed by atoms with Gasteiger partial charge in [0.15, 0.2) is 0 Å². The maximum absolute atomic E-state index is 2.54. The van der Waals surface area contributed by atoms with Gasteiger partial charge in [-0.1, -0.05) is 208 Å². The van der Waals surface area contributed by atoms with Gasteiger partial charge in [-0.25, -0.2) is 0 Å². The molecule has 1 aromatic heterocycles. The number of para-hydroxylation sites is 2. The van der Waals surface area contributed by atoms with Gasteiger partial charge in [0.05, 0.1) is 22.4 Å². The van der Waals surface area contributed by atoms with E-state index in [0.717, 1.165) is 22.6 Å². The fourth-order valence-electron chi connectivity index (χ4n) is 10.7. The lowest BCUT2D eigenvalue weighted by Gasteiger charge is -2.34. The minimum atomic E-state index is -0.243. The van der Waals surface area contributed by atoms with Crippen LogP contribution in [-0.2, 0) is 5.41 Å². The number of rotatable bonds is 8. The third-order valence-electron chi connectivity index (χ3n) is 13.6. The topological polar surface area (TPSA) is 8.17 Å². The van der Waals surface area contributed by atoms with Crippen molar-refractivity contribution in [1.82, 2.24) is 4.57 Å². The van der Waals surface area contributed by atoms with Gasteiger partial charge in [-0.15, -0.1) is 0 Å². The highest BCUT2D eigenvalue weighted by Crippen LogP contribution is 2.56. The largest absolute Gasteiger partial charge is 0.310 e. The molecule has 1 aliphatic carbocycles. The minimum absolute atomic E-state index is 0.243. The summed E-state index contributed by atoms with van der Waals surface area (Å²) in [5, 5.41) is 2.53. The van der Waals surface area contributed by atoms with E-state index in [1.165, 1.54) is 88.7 Å². The fourth-order valence-corrected chi connectivity index (χ4v) is 10.7. The second kappa shape index (κ2) is 15.6. The SMILES string of the molecule is CC1(C)c2ccccc2-c2cccc(N(c3ccc(-c4cccc(-n5c6ccccc6c6ccccc65)c4)cc3)c3cccc(-c4ccccc4)c3-c3ccccc3-c3ccccc3)c21. The summed E-state index contributed by atoms with van der Waals surface area (Å²) >= 11 is 0. The van der Waals surface area contributed by atoms with Crippen LogP contribution in [0.1, 0.15) is 25.0 Å². The third-order valence-corrected chi connectivity index (χ3v) is 13.6. The molecular formula is C63H46N2. The standard InChI is InChI=1S/C63H46N2/c1-63(2)56-33-14-11-27-51(56)55-32-19-37-60(62(55)63)64(59-36-18-31-50(45-22-7-4-8-23-45)61(59)54-30-10-9-26-49(54)44-20-5-3-6-21-44)47-40-38-43(39-41-47)46-24-17-25-48(42-46)65-57-34-15-12-28-52(57)53-29-13-16-35-58(53)65/h3-42H,1-2H3. The van der Waals surface area contributed by atoms with Crippen molar-refractivity contribution in [2.75, 3.05) is 4.90 Å². The molecule has 1 heterocycles. The van der Waals surface area contributed by atoms with Crippen molar-refractivity contribution < 1.29 is 0 Å². The van der Waals surface area contributed by atoms with E-state index in [0.29, 0.717) is 0 Å². The predicted molar refractivity (Wildman–Crippen MR) is 275 cm³/mol. The van der Waals surface area contributed by atoms with Crippen LogP contribution in [0.3, 0.4) is 0 Å². The molecule has 12 rings (SSSR count). The molecule has 0 amide bonds. The zero-order valence-corrected chi connectivity index (χ0v) is 36.5. The van der Waals surface area contributed by atoms with Crippen molar-refractivity contribution in [3.63, 3.8) is 0 Å². The average molecular weight is 831 g/mol. The number of aromatic nitrogens is 1. The molecule has 308 valence electrons. The van der Waals surface area contributed by atoms with E-state index >= 15 is 0 Å². The minimum Gasteiger partial charge on any atom is -0.310 e. The average Bonchev–Trinajstić information content (AvgIpc) is 3.83. The molecule has 0 radical (unpaired) electrons. The van der Waals surface area contributed by atoms with Crippen molar-refractivity contribution in [1.29, 1.82) is 0 Å². The molecule has 0 bridgehead atoms. The van der Waals surface area contributed by atoms with Crippen LogP contribution in [-0.4, -0.2) is 4.57 Å². The predicted octanol–water partition coefficient (Wildman–Crippen LogP) is 17.2. The molecule has 0 aliphatic heterocycles. The first-order valence-electron chi connectivity index (χ1n) is 22.6. The maximum atomic E-state index is 2.54. The Hall–Kier alpha value is -8.20. The summed E-state index contributed by atoms with van der Waals surface area (Å²) in [4.78, 5) is 2.54. The lowest BCUT2D eigenvalue weighted by atomic mass is 9.81. The molecule has 10 aromatic carbocycles. The number of benzene rings is 10. The maximum Gasteiger partial charge on any atom is 0.0546 e. The molecular weight excluding hydrogens is 785 g/mol. The van der Waals surface area contributed by atoms with Crippen LogP contribution in [0, 0.1) is 0 Å². The molecule has 1 aliphatic rings. The first-order valence-corrected chi connectivity index (χ1v) is 22.6. The second-order valence-corrected chi connectivity index (χ2v) is 17.6. The van der Waals surface area contributed by atoms with Crippen LogP contribution in [0.25, 0.3) is 83.1 Å². The first kappa shape index (κ1) is 38.5. The summed E-state index contributed by atoms with van der Waals surface area (Å²) in [5.41, 5.74) is 21.4. The van der Waals surface area contributed by atoms with Gasteiger partial charge >= 0.3 is 0 Å². The monoisotopic (exact) mass is 830 g/mol. The molecule has 0 atom stereocenters. The molecule has 0 spiro atoms. The van der Waals surface area contributed by atoms with Crippen molar-refractivity contribution in [3.05, 3.63) is 254 Å². The van der Waals surface area contributed by atoms with Crippen LogP contribution in [0.5, 0.6) is 0 Å². The van der Waals surface area contributed by atoms with Gasteiger partial charge < -0.3 is 9.47 Å². The van der Waals surface area contributed by atoms with Gasteiger partial charge in [0, 0.05) is 33.1 Å². The summed E-state index contributed by atoms with van der Waals surface area (Å²) < 4.78 is 2.40. The highest BCUT2D eigenvalue weighted by Gasteiger charge is 2.39. The van der Waals surface area contributed by atoms with E-state index in [2.05, 4.69) is 266 Å². The lowest BCUT2D eigenvalue weighted by Crippen LogP contribution is -2.21. The van der Waals surface area contributed by atoms with Gasteiger partial charge in [-0.3, -0.25) is 0 Å². The highest BCUT2D eigenvalue weighted by molar-refractivity contribution is 6.09. The Kier molecular flexibility index (Phi) is 9.21. The summed E-state index contributed by atoms with van der Waals surface area (Å²) in [5.74, 6) is 0. The molecule has 0 fully saturated rings. The van der Waals surface area contributed by atoms with E-state index < -0.39 is 0 Å². The molecule has 0 saturated heterocycles. The molecule has 65 heavy (non-hydrogen) atoms. The number of hydrogen-bond acceptors (Lipinski definition) is 1. The summed E-state index contributed by atoms with van der Waals surface area (Å²) in [6.45, 7) is 4.78. The zero-order chi connectivity index (χ0) is 43.5. The van der Waals surface area contributed by atoms with Gasteiger partial charge in [-0.05, 0) is 110 Å². The molecule has 11 aromatic rings. The Morgan fingerprint density at radius 1 is 0.354 bits per heavy atom.